The molecule has 0 saturated heterocycles. The number of unbranched alkanes of at least 4 members (excludes halogenated alkanes) is 24. The SMILES string of the molecule is CCCCCCCCCCCCCCCCCCCC/C=C/C(O)C(CS(=O)(=O)O)NC(=O)CCCCCCCCC. The van der Waals surface area contributed by atoms with Gasteiger partial charge in [0.1, 0.15) is 0 Å². The molecule has 42 heavy (non-hydrogen) atoms. The number of hydrogen-bond donors (Lipinski definition) is 3. The highest BCUT2D eigenvalue weighted by Crippen LogP contribution is 2.15. The Morgan fingerprint density at radius 3 is 1.36 bits per heavy atom. The lowest BCUT2D eigenvalue weighted by Gasteiger charge is -2.21. The molecule has 2 atom stereocenters. The van der Waals surface area contributed by atoms with E-state index >= 15 is 0 Å². The van der Waals surface area contributed by atoms with Crippen molar-refractivity contribution in [2.24, 2.45) is 0 Å². The lowest BCUT2D eigenvalue weighted by molar-refractivity contribution is -0.122. The van der Waals surface area contributed by atoms with Crippen LogP contribution in [0, 0.1) is 0 Å². The molecule has 6 nitrogen and oxygen atoms in total. The van der Waals surface area contributed by atoms with Gasteiger partial charge >= 0.3 is 0 Å². The number of aliphatic hydroxyl groups is 1. The molecule has 0 aliphatic heterocycles. The molecule has 0 bridgehead atoms. The van der Waals surface area contributed by atoms with Crippen molar-refractivity contribution in [2.75, 3.05) is 5.75 Å². The number of hydrogen-bond acceptors (Lipinski definition) is 4. The van der Waals surface area contributed by atoms with Crippen LogP contribution in [0.3, 0.4) is 0 Å². The van der Waals surface area contributed by atoms with Gasteiger partial charge in [-0.1, -0.05) is 174 Å². The molecule has 0 aliphatic rings. The third-order valence-electron chi connectivity index (χ3n) is 8.21. The monoisotopic (exact) mass is 615 g/mol. The van der Waals surface area contributed by atoms with E-state index in [0.29, 0.717) is 6.42 Å². The molecule has 0 aliphatic carbocycles. The standard InChI is InChI=1S/C35H69NO5S/c1-3-5-7-9-11-12-13-14-15-16-17-18-19-20-21-22-23-25-26-28-30-34(37)33(32-42(39,40)41)36-35(38)31-29-27-24-10-8-6-4-2/h28,30,33-34,37H,3-27,29,31-32H2,1-2H3,(H,36,38)(H,39,40,41)/b30-28+. The first-order chi connectivity index (χ1) is 20.3. The van der Waals surface area contributed by atoms with Crippen molar-refractivity contribution in [1.82, 2.24) is 5.32 Å². The summed E-state index contributed by atoms with van der Waals surface area (Å²) in [5.74, 6) is -0.978. The van der Waals surface area contributed by atoms with Crippen LogP contribution >= 0.6 is 0 Å². The van der Waals surface area contributed by atoms with Gasteiger partial charge in [0.25, 0.3) is 10.1 Å². The molecule has 0 rings (SSSR count). The maximum atomic E-state index is 12.3. The highest BCUT2D eigenvalue weighted by molar-refractivity contribution is 7.85. The van der Waals surface area contributed by atoms with Crippen LogP contribution < -0.4 is 5.32 Å². The third-order valence-corrected chi connectivity index (χ3v) is 8.99. The Hall–Kier alpha value is -0.920. The number of amides is 1. The summed E-state index contributed by atoms with van der Waals surface area (Å²) >= 11 is 0. The zero-order valence-corrected chi connectivity index (χ0v) is 28.5. The van der Waals surface area contributed by atoms with Crippen molar-refractivity contribution in [3.05, 3.63) is 12.2 Å². The average Bonchev–Trinajstić information content (AvgIpc) is 2.94. The first-order valence-electron chi connectivity index (χ1n) is 17.9. The zero-order chi connectivity index (χ0) is 31.2. The molecular weight excluding hydrogens is 546 g/mol. The molecule has 1 amide bonds. The summed E-state index contributed by atoms with van der Waals surface area (Å²) in [6.07, 6.45) is 35.1. The molecule has 3 N–H and O–H groups in total. The minimum atomic E-state index is -4.33. The second kappa shape index (κ2) is 30.1. The van der Waals surface area contributed by atoms with Gasteiger partial charge in [0.05, 0.1) is 17.9 Å². The molecule has 2 unspecified atom stereocenters. The molecule has 0 aromatic heterocycles. The van der Waals surface area contributed by atoms with E-state index in [0.717, 1.165) is 38.5 Å². The fourth-order valence-corrected chi connectivity index (χ4v) is 6.24. The minimum absolute atomic E-state index is 0.284. The Morgan fingerprint density at radius 1 is 0.619 bits per heavy atom. The molecule has 0 aromatic carbocycles. The molecule has 0 saturated carbocycles. The lowest BCUT2D eigenvalue weighted by Crippen LogP contribution is -2.46. The molecule has 0 radical (unpaired) electrons. The minimum Gasteiger partial charge on any atom is -0.387 e. The Kier molecular flexibility index (Phi) is 29.5. The number of aliphatic hydroxyl groups excluding tert-OH is 1. The predicted molar refractivity (Wildman–Crippen MR) is 180 cm³/mol. The van der Waals surface area contributed by atoms with Crippen molar-refractivity contribution >= 4 is 16.0 Å². The van der Waals surface area contributed by atoms with Crippen LogP contribution in [0.15, 0.2) is 12.2 Å². The van der Waals surface area contributed by atoms with E-state index in [9.17, 15) is 22.9 Å². The van der Waals surface area contributed by atoms with E-state index in [1.807, 2.05) is 6.08 Å². The maximum absolute atomic E-state index is 12.3. The van der Waals surface area contributed by atoms with E-state index in [1.165, 1.54) is 128 Å². The second-order valence-corrected chi connectivity index (χ2v) is 14.0. The largest absolute Gasteiger partial charge is 0.387 e. The van der Waals surface area contributed by atoms with E-state index < -0.39 is 28.0 Å². The fourth-order valence-electron chi connectivity index (χ4n) is 5.51. The van der Waals surface area contributed by atoms with Gasteiger partial charge < -0.3 is 10.4 Å². The molecule has 0 spiro atoms. The van der Waals surface area contributed by atoms with E-state index in [2.05, 4.69) is 19.2 Å². The molecule has 0 aromatic rings. The normalized spacial score (nSPS) is 13.5. The van der Waals surface area contributed by atoms with Crippen LogP contribution in [0.25, 0.3) is 0 Å². The van der Waals surface area contributed by atoms with Gasteiger partial charge in [0, 0.05) is 6.42 Å². The number of allylic oxidation sites excluding steroid dienone is 1. The Morgan fingerprint density at radius 2 is 0.976 bits per heavy atom. The summed E-state index contributed by atoms with van der Waals surface area (Å²) in [4.78, 5) is 12.3. The maximum Gasteiger partial charge on any atom is 0.267 e. The van der Waals surface area contributed by atoms with Gasteiger partial charge in [-0.2, -0.15) is 8.42 Å². The number of carbonyl (C=O) groups excluding carboxylic acids is 1. The highest BCUT2D eigenvalue weighted by atomic mass is 32.2. The Bertz CT molecular complexity index is 725. The van der Waals surface area contributed by atoms with E-state index in [1.54, 1.807) is 6.08 Å². The van der Waals surface area contributed by atoms with Crippen molar-refractivity contribution < 1.29 is 22.9 Å². The van der Waals surface area contributed by atoms with Crippen LogP contribution in [-0.2, 0) is 14.9 Å². The van der Waals surface area contributed by atoms with Gasteiger partial charge in [-0.3, -0.25) is 9.35 Å². The van der Waals surface area contributed by atoms with Crippen molar-refractivity contribution in [2.45, 2.75) is 199 Å². The Balaban J connectivity index is 3.85. The molecule has 0 heterocycles. The summed E-state index contributed by atoms with van der Waals surface area (Å²) in [5.41, 5.74) is 0. The van der Waals surface area contributed by atoms with E-state index in [4.69, 9.17) is 0 Å². The summed E-state index contributed by atoms with van der Waals surface area (Å²) in [7, 11) is -4.33. The first kappa shape index (κ1) is 41.1. The number of nitrogens with one attached hydrogen (secondary N) is 1. The molecule has 0 fully saturated rings. The summed E-state index contributed by atoms with van der Waals surface area (Å²) in [6.45, 7) is 4.45. The van der Waals surface area contributed by atoms with Gasteiger partial charge in [0.15, 0.2) is 0 Å². The molecule has 250 valence electrons. The summed E-state index contributed by atoms with van der Waals surface area (Å²) in [6, 6.07) is -1.05. The topological polar surface area (TPSA) is 104 Å². The number of carbonyl (C=O) groups is 1. The smallest absolute Gasteiger partial charge is 0.267 e. The molecule has 7 heteroatoms. The fraction of sp³-hybridized carbons (Fsp3) is 0.914. The quantitative estimate of drug-likeness (QED) is 0.0397. The lowest BCUT2D eigenvalue weighted by atomic mass is 10.0. The Labute approximate surface area is 261 Å². The van der Waals surface area contributed by atoms with Crippen molar-refractivity contribution in [1.29, 1.82) is 0 Å². The average molecular weight is 616 g/mol. The van der Waals surface area contributed by atoms with Crippen molar-refractivity contribution in [3.63, 3.8) is 0 Å². The van der Waals surface area contributed by atoms with Gasteiger partial charge in [-0.25, -0.2) is 0 Å². The highest BCUT2D eigenvalue weighted by Gasteiger charge is 2.24. The summed E-state index contributed by atoms with van der Waals surface area (Å²) < 4.78 is 32.2. The van der Waals surface area contributed by atoms with Gasteiger partial charge in [-0.05, 0) is 19.3 Å². The van der Waals surface area contributed by atoms with Crippen LogP contribution in [0.2, 0.25) is 0 Å². The van der Waals surface area contributed by atoms with Crippen LogP contribution in [0.1, 0.15) is 187 Å². The van der Waals surface area contributed by atoms with Gasteiger partial charge in [0.2, 0.25) is 5.91 Å². The van der Waals surface area contributed by atoms with Crippen molar-refractivity contribution in [3.8, 4) is 0 Å². The van der Waals surface area contributed by atoms with E-state index in [-0.39, 0.29) is 5.91 Å². The first-order valence-corrected chi connectivity index (χ1v) is 19.5. The second-order valence-electron chi connectivity index (χ2n) is 12.5. The third kappa shape index (κ3) is 30.5. The van der Waals surface area contributed by atoms with Gasteiger partial charge in [-0.15, -0.1) is 0 Å². The van der Waals surface area contributed by atoms with Crippen LogP contribution in [0.5, 0.6) is 0 Å². The van der Waals surface area contributed by atoms with Crippen LogP contribution in [0.4, 0.5) is 0 Å². The zero-order valence-electron chi connectivity index (χ0n) is 27.6. The molecular formula is C35H69NO5S. The summed E-state index contributed by atoms with van der Waals surface area (Å²) in [5, 5.41) is 13.1. The number of rotatable bonds is 32. The van der Waals surface area contributed by atoms with Crippen LogP contribution in [-0.4, -0.2) is 41.9 Å². The predicted octanol–water partition coefficient (Wildman–Crippen LogP) is 9.85.